The van der Waals surface area contributed by atoms with Crippen molar-refractivity contribution < 1.29 is 14.7 Å². The molecule has 7 nitrogen and oxygen atoms in total. The molecule has 0 bridgehead atoms. The van der Waals surface area contributed by atoms with Crippen LogP contribution in [0.1, 0.15) is 28.9 Å². The van der Waals surface area contributed by atoms with Crippen LogP contribution in [0, 0.1) is 13.8 Å². The van der Waals surface area contributed by atoms with Crippen molar-refractivity contribution in [3.8, 4) is 0 Å². The number of carboxylic acids is 1. The Bertz CT molecular complexity index is 1270. The lowest BCUT2D eigenvalue weighted by molar-refractivity contribution is -0.147. The van der Waals surface area contributed by atoms with Gasteiger partial charge in [-0.15, -0.1) is 0 Å². The lowest BCUT2D eigenvalue weighted by Crippen LogP contribution is -2.23. The Morgan fingerprint density at radius 1 is 1.17 bits per heavy atom. The van der Waals surface area contributed by atoms with Crippen LogP contribution >= 0.6 is 0 Å². The number of allylic oxidation sites excluding steroid dienone is 1. The zero-order valence-electron chi connectivity index (χ0n) is 16.0. The van der Waals surface area contributed by atoms with Gasteiger partial charge in [0.1, 0.15) is 5.82 Å². The summed E-state index contributed by atoms with van der Waals surface area (Å²) in [6, 6.07) is 10.8. The quantitative estimate of drug-likeness (QED) is 0.656. The fourth-order valence-electron chi connectivity index (χ4n) is 3.52. The van der Waals surface area contributed by atoms with Crippen molar-refractivity contribution in [2.45, 2.75) is 26.8 Å². The minimum absolute atomic E-state index is 0.148. The highest BCUT2D eigenvalue weighted by Crippen LogP contribution is 2.29. The van der Waals surface area contributed by atoms with Crippen LogP contribution in [-0.4, -0.2) is 26.5 Å². The first-order chi connectivity index (χ1) is 13.8. The molecule has 0 saturated heterocycles. The average molecular weight is 389 g/mol. The largest absolute Gasteiger partial charge is 0.474 e. The first-order valence-electron chi connectivity index (χ1n) is 9.20. The molecule has 1 aliphatic rings. The van der Waals surface area contributed by atoms with Gasteiger partial charge in [0.2, 0.25) is 0 Å². The van der Waals surface area contributed by atoms with E-state index in [1.165, 1.54) is 12.1 Å². The van der Waals surface area contributed by atoms with E-state index in [1.807, 2.05) is 13.8 Å². The zero-order chi connectivity index (χ0) is 20.7. The third-order valence-corrected chi connectivity index (χ3v) is 5.06. The average Bonchev–Trinajstić information content (AvgIpc) is 3.07. The van der Waals surface area contributed by atoms with E-state index in [4.69, 9.17) is 5.11 Å². The summed E-state index contributed by atoms with van der Waals surface area (Å²) >= 11 is 0. The van der Waals surface area contributed by atoms with Crippen molar-refractivity contribution in [2.75, 3.05) is 5.32 Å². The number of hydrogen-bond donors (Lipinski definition) is 2. The van der Waals surface area contributed by atoms with Crippen LogP contribution < -0.4 is 10.9 Å². The van der Waals surface area contributed by atoms with Crippen LogP contribution in [0.15, 0.2) is 41.2 Å². The predicted octanol–water partition coefficient (Wildman–Crippen LogP) is 2.98. The molecule has 0 atom stereocenters. The number of anilines is 1. The van der Waals surface area contributed by atoms with E-state index >= 15 is 0 Å². The van der Waals surface area contributed by atoms with E-state index in [0.29, 0.717) is 29.7 Å². The number of rotatable bonds is 2. The molecule has 2 heterocycles. The van der Waals surface area contributed by atoms with Crippen LogP contribution in [0.3, 0.4) is 0 Å². The normalized spacial score (nSPS) is 14.2. The Labute approximate surface area is 166 Å². The van der Waals surface area contributed by atoms with Gasteiger partial charge in [0.25, 0.3) is 5.56 Å². The first kappa shape index (κ1) is 18.6. The molecule has 0 radical (unpaired) electrons. The molecular weight excluding hydrogens is 370 g/mol. The molecule has 1 amide bonds. The van der Waals surface area contributed by atoms with Crippen LogP contribution in [0.25, 0.3) is 22.6 Å². The van der Waals surface area contributed by atoms with Crippen molar-refractivity contribution in [1.82, 2.24) is 9.55 Å². The Morgan fingerprint density at radius 2 is 1.97 bits per heavy atom. The Kier molecular flexibility index (Phi) is 4.50. The monoisotopic (exact) mass is 389 g/mol. The number of nitrogens with zero attached hydrogens (tertiary/aromatic N) is 2. The van der Waals surface area contributed by atoms with E-state index < -0.39 is 11.9 Å². The lowest BCUT2D eigenvalue weighted by atomic mass is 10.0. The highest BCUT2D eigenvalue weighted by atomic mass is 16.4. The van der Waals surface area contributed by atoms with Crippen molar-refractivity contribution in [1.29, 1.82) is 0 Å². The van der Waals surface area contributed by atoms with E-state index in [2.05, 4.69) is 34.6 Å². The Balaban J connectivity index is 1.82. The summed E-state index contributed by atoms with van der Waals surface area (Å²) in [4.78, 5) is 39.7. The molecule has 7 heteroatoms. The minimum Gasteiger partial charge on any atom is -0.474 e. The molecular formula is C22H19N3O4. The van der Waals surface area contributed by atoms with Crippen LogP contribution in [0.2, 0.25) is 0 Å². The fraction of sp³-hybridized carbons (Fsp3) is 0.182. The topological polar surface area (TPSA) is 101 Å². The molecule has 0 fully saturated rings. The smallest absolute Gasteiger partial charge is 0.394 e. The van der Waals surface area contributed by atoms with Crippen molar-refractivity contribution in [3.05, 3.63) is 69.3 Å². The van der Waals surface area contributed by atoms with E-state index in [-0.39, 0.29) is 11.2 Å². The summed E-state index contributed by atoms with van der Waals surface area (Å²) in [5.74, 6) is -2.12. The molecule has 2 N–H and O–H groups in total. The predicted molar refractivity (Wildman–Crippen MR) is 111 cm³/mol. The van der Waals surface area contributed by atoms with Crippen LogP contribution in [-0.2, 0) is 16.1 Å². The second-order valence-corrected chi connectivity index (χ2v) is 7.16. The van der Waals surface area contributed by atoms with Gasteiger partial charge in [-0.3, -0.25) is 14.2 Å². The molecule has 0 saturated carbocycles. The number of aryl methyl sites for hydroxylation is 2. The van der Waals surface area contributed by atoms with Crippen molar-refractivity contribution in [2.24, 2.45) is 0 Å². The van der Waals surface area contributed by atoms with Gasteiger partial charge in [-0.1, -0.05) is 23.8 Å². The van der Waals surface area contributed by atoms with Crippen molar-refractivity contribution in [3.63, 3.8) is 0 Å². The number of carbonyl (C=O) groups excluding carboxylic acids is 1. The van der Waals surface area contributed by atoms with E-state index in [9.17, 15) is 14.4 Å². The van der Waals surface area contributed by atoms with E-state index in [1.54, 1.807) is 10.6 Å². The maximum atomic E-state index is 12.9. The molecule has 0 aliphatic carbocycles. The van der Waals surface area contributed by atoms with Gasteiger partial charge in [0.05, 0.1) is 10.9 Å². The number of fused-ring (bicyclic) bond motifs is 2. The minimum atomic E-state index is -1.58. The second kappa shape index (κ2) is 7.01. The SMILES string of the molecule is Cc1ccc(C)c(/C=C2\CCn3c2nc2cc(NC(=O)C(=O)O)ccc2c3=O)c1. The summed E-state index contributed by atoms with van der Waals surface area (Å²) in [5.41, 5.74) is 4.90. The molecule has 0 unspecified atom stereocenters. The Morgan fingerprint density at radius 3 is 2.72 bits per heavy atom. The third-order valence-electron chi connectivity index (χ3n) is 5.06. The molecule has 29 heavy (non-hydrogen) atoms. The number of nitrogens with one attached hydrogen (secondary N) is 1. The molecule has 1 aliphatic heterocycles. The number of benzene rings is 2. The number of aliphatic carboxylic acids is 1. The highest BCUT2D eigenvalue weighted by molar-refractivity contribution is 6.36. The van der Waals surface area contributed by atoms with E-state index in [0.717, 1.165) is 22.3 Å². The van der Waals surface area contributed by atoms with Crippen LogP contribution in [0.4, 0.5) is 5.69 Å². The maximum absolute atomic E-state index is 12.9. The summed E-state index contributed by atoms with van der Waals surface area (Å²) in [7, 11) is 0. The first-order valence-corrected chi connectivity index (χ1v) is 9.20. The van der Waals surface area contributed by atoms with Gasteiger partial charge in [-0.25, -0.2) is 9.78 Å². The maximum Gasteiger partial charge on any atom is 0.394 e. The van der Waals surface area contributed by atoms with Gasteiger partial charge in [0, 0.05) is 12.2 Å². The zero-order valence-corrected chi connectivity index (χ0v) is 16.0. The second-order valence-electron chi connectivity index (χ2n) is 7.16. The standard InChI is InChI=1S/C22H19N3O4/c1-12-3-4-13(2)15(9-12)10-14-7-8-25-19(14)24-18-11-16(23-20(26)22(28)29)5-6-17(18)21(25)27/h3-6,9-11H,7-8H2,1-2H3,(H,23,26)(H,28,29)/b14-10+. The number of aromatic nitrogens is 2. The van der Waals surface area contributed by atoms with Gasteiger partial charge in [0.15, 0.2) is 0 Å². The number of hydrogen-bond acceptors (Lipinski definition) is 4. The lowest BCUT2D eigenvalue weighted by Gasteiger charge is -2.08. The number of amides is 1. The summed E-state index contributed by atoms with van der Waals surface area (Å²) in [6.45, 7) is 4.64. The third kappa shape index (κ3) is 3.42. The molecule has 2 aromatic carbocycles. The van der Waals surface area contributed by atoms with Gasteiger partial charge >= 0.3 is 11.9 Å². The summed E-state index contributed by atoms with van der Waals surface area (Å²) < 4.78 is 1.66. The van der Waals surface area contributed by atoms with Gasteiger partial charge in [-0.2, -0.15) is 0 Å². The number of carbonyl (C=O) groups is 2. The molecule has 0 spiro atoms. The Hall–Kier alpha value is -3.74. The van der Waals surface area contributed by atoms with Crippen LogP contribution in [0.5, 0.6) is 0 Å². The molecule has 146 valence electrons. The van der Waals surface area contributed by atoms with Crippen molar-refractivity contribution >= 4 is 40.1 Å². The van der Waals surface area contributed by atoms with Gasteiger partial charge in [-0.05, 0) is 61.2 Å². The fourth-order valence-corrected chi connectivity index (χ4v) is 3.52. The summed E-state index contributed by atoms with van der Waals surface area (Å²) in [6.07, 6.45) is 2.77. The number of carboxylic acid groups (broad SMARTS) is 1. The highest BCUT2D eigenvalue weighted by Gasteiger charge is 2.21. The molecule has 4 rings (SSSR count). The molecule has 1 aromatic heterocycles. The molecule has 3 aromatic rings. The summed E-state index contributed by atoms with van der Waals surface area (Å²) in [5, 5.41) is 11.5. The van der Waals surface area contributed by atoms with Gasteiger partial charge < -0.3 is 10.4 Å².